The molecule has 0 aliphatic rings. The van der Waals surface area contributed by atoms with Crippen molar-refractivity contribution in [1.82, 2.24) is 4.98 Å². The van der Waals surface area contributed by atoms with Crippen molar-refractivity contribution in [3.05, 3.63) is 80.9 Å². The lowest BCUT2D eigenvalue weighted by atomic mass is 9.87. The predicted molar refractivity (Wildman–Crippen MR) is 147 cm³/mol. The van der Waals surface area contributed by atoms with Crippen LogP contribution in [0.25, 0.3) is 34.5 Å². The molecular formula is C28H28NO3S2+. The van der Waals surface area contributed by atoms with E-state index in [1.807, 2.05) is 24.3 Å². The molecule has 0 saturated carbocycles. The number of hydrogen-bond acceptors (Lipinski definition) is 4. The molecule has 1 unspecified atom stereocenters. The van der Waals surface area contributed by atoms with E-state index in [2.05, 4.69) is 63.0 Å². The minimum absolute atomic E-state index is 0.0379. The molecule has 0 aliphatic heterocycles. The van der Waals surface area contributed by atoms with Gasteiger partial charge in [0.1, 0.15) is 5.75 Å². The Morgan fingerprint density at radius 3 is 2.24 bits per heavy atom. The first-order chi connectivity index (χ1) is 16.3. The Bertz CT molecular complexity index is 1630. The second-order valence-electron chi connectivity index (χ2n) is 9.62. The van der Waals surface area contributed by atoms with E-state index in [1.165, 1.54) is 19.9 Å². The summed E-state index contributed by atoms with van der Waals surface area (Å²) in [5.74, 6) is 0.870. The summed E-state index contributed by atoms with van der Waals surface area (Å²) in [4.78, 5) is 28.4. The van der Waals surface area contributed by atoms with E-state index in [0.717, 1.165) is 28.0 Å². The summed E-state index contributed by atoms with van der Waals surface area (Å²) in [6, 6.07) is 18.9. The van der Waals surface area contributed by atoms with E-state index < -0.39 is 10.5 Å². The highest BCUT2D eigenvalue weighted by Crippen LogP contribution is 2.48. The van der Waals surface area contributed by atoms with E-state index >= 15 is 0 Å². The fraction of sp³-hybridized carbons (Fsp3) is 0.286. The summed E-state index contributed by atoms with van der Waals surface area (Å²) in [5, 5.41) is 0.936. The molecule has 1 N–H and O–H groups in total. The first-order valence-electron chi connectivity index (χ1n) is 11.6. The van der Waals surface area contributed by atoms with Crippen molar-refractivity contribution in [3.63, 3.8) is 0 Å². The number of ether oxygens (including phenoxy) is 1. The molecule has 174 valence electrons. The van der Waals surface area contributed by atoms with E-state index in [1.54, 1.807) is 11.3 Å². The van der Waals surface area contributed by atoms with Crippen molar-refractivity contribution >= 4 is 51.4 Å². The zero-order valence-corrected chi connectivity index (χ0v) is 21.5. The Hall–Kier alpha value is -2.96. The second-order valence-corrected chi connectivity index (χ2v) is 12.7. The third-order valence-corrected chi connectivity index (χ3v) is 9.79. The standard InChI is InChI=1S/C28H27NO3S2/c1-5-6-13-32-18-8-10-19(11-9-18)34-24-12-7-17(28(2,3)4)14-22(24)33-23-15-20-21(16-25(23)34)27(31)29-26(20)30/h7-12,14-16H,5-6,13H2,1-4H3/p+1. The normalized spacial score (nSPS) is 12.6. The predicted octanol–water partition coefficient (Wildman–Crippen LogP) is 7.47. The molecule has 1 atom stereocenters. The quantitative estimate of drug-likeness (QED) is 0.158. The number of rotatable bonds is 5. The molecule has 6 heteroatoms. The molecule has 0 amide bonds. The highest BCUT2D eigenvalue weighted by Gasteiger charge is 2.24. The minimum atomic E-state index is -0.395. The molecule has 5 rings (SSSR count). The topological polar surface area (TPSA) is 59.2 Å². The zero-order chi connectivity index (χ0) is 24.0. The maximum Gasteiger partial charge on any atom is 0.259 e. The summed E-state index contributed by atoms with van der Waals surface area (Å²) in [6.07, 6.45) is 2.13. The van der Waals surface area contributed by atoms with Crippen LogP contribution in [0.5, 0.6) is 5.75 Å². The molecule has 0 saturated heterocycles. The first-order valence-corrected chi connectivity index (χ1v) is 13.6. The van der Waals surface area contributed by atoms with Gasteiger partial charge in [-0.25, -0.2) is 0 Å². The smallest absolute Gasteiger partial charge is 0.259 e. The van der Waals surface area contributed by atoms with Crippen LogP contribution < -0.4 is 15.9 Å². The van der Waals surface area contributed by atoms with Gasteiger partial charge in [-0.3, -0.25) is 14.6 Å². The monoisotopic (exact) mass is 490 g/mol. The van der Waals surface area contributed by atoms with Gasteiger partial charge in [-0.1, -0.05) is 40.2 Å². The number of aromatic nitrogens is 1. The first kappa shape index (κ1) is 22.8. The van der Waals surface area contributed by atoms with Crippen molar-refractivity contribution in [1.29, 1.82) is 0 Å². The lowest BCUT2D eigenvalue weighted by molar-refractivity contribution is 0.309. The molecule has 0 aliphatic carbocycles. The molecule has 3 aromatic carbocycles. The number of fused-ring (bicyclic) bond motifs is 3. The highest BCUT2D eigenvalue weighted by molar-refractivity contribution is 7.53. The number of H-pyrrole nitrogens is 1. The Morgan fingerprint density at radius 2 is 1.56 bits per heavy atom. The van der Waals surface area contributed by atoms with Gasteiger partial charge >= 0.3 is 0 Å². The average Bonchev–Trinajstić information content (AvgIpc) is 3.08. The number of nitrogens with one attached hydrogen (secondary N) is 1. The van der Waals surface area contributed by atoms with Crippen LogP contribution in [0.1, 0.15) is 46.1 Å². The van der Waals surface area contributed by atoms with Gasteiger partial charge in [-0.05, 0) is 41.7 Å². The van der Waals surface area contributed by atoms with Gasteiger partial charge in [0.15, 0.2) is 14.3 Å². The van der Waals surface area contributed by atoms with Gasteiger partial charge in [0.05, 0.1) is 26.8 Å². The number of benzene rings is 3. The van der Waals surface area contributed by atoms with Gasteiger partial charge in [0.2, 0.25) is 0 Å². The highest BCUT2D eigenvalue weighted by atomic mass is 32.2. The van der Waals surface area contributed by atoms with Crippen LogP contribution in [0.2, 0.25) is 0 Å². The summed E-state index contributed by atoms with van der Waals surface area (Å²) < 4.78 is 10.4. The lowest BCUT2D eigenvalue weighted by Crippen LogP contribution is -2.10. The molecule has 0 spiro atoms. The summed E-state index contributed by atoms with van der Waals surface area (Å²) >= 11 is 1.69. The number of unbranched alkanes of at least 4 members (excludes halogenated alkanes) is 1. The van der Waals surface area contributed by atoms with Gasteiger partial charge in [0.25, 0.3) is 11.1 Å². The Morgan fingerprint density at radius 1 is 0.882 bits per heavy atom. The van der Waals surface area contributed by atoms with E-state index in [0.29, 0.717) is 17.4 Å². The molecule has 0 bridgehead atoms. The van der Waals surface area contributed by atoms with Crippen LogP contribution in [0.3, 0.4) is 0 Å². The molecule has 34 heavy (non-hydrogen) atoms. The maximum absolute atomic E-state index is 12.4. The van der Waals surface area contributed by atoms with E-state index in [9.17, 15) is 9.59 Å². The van der Waals surface area contributed by atoms with E-state index in [4.69, 9.17) is 4.74 Å². The Balaban J connectivity index is 1.79. The fourth-order valence-corrected chi connectivity index (χ4v) is 7.92. The summed E-state index contributed by atoms with van der Waals surface area (Å²) in [6.45, 7) is 9.52. The average molecular weight is 491 g/mol. The largest absolute Gasteiger partial charge is 0.494 e. The van der Waals surface area contributed by atoms with E-state index in [-0.39, 0.29) is 16.5 Å². The maximum atomic E-state index is 12.4. The Kier molecular flexibility index (Phi) is 5.82. The van der Waals surface area contributed by atoms with Gasteiger partial charge in [0, 0.05) is 34.7 Å². The van der Waals surface area contributed by atoms with Gasteiger partial charge in [-0.15, -0.1) is 11.3 Å². The Labute approximate surface area is 204 Å². The second kappa shape index (κ2) is 8.67. The molecule has 2 heterocycles. The zero-order valence-electron chi connectivity index (χ0n) is 19.9. The number of hydrogen-bond donors (Lipinski definition) is 1. The van der Waals surface area contributed by atoms with Crippen LogP contribution in [0.15, 0.2) is 64.2 Å². The van der Waals surface area contributed by atoms with Crippen LogP contribution >= 0.6 is 21.8 Å². The summed E-state index contributed by atoms with van der Waals surface area (Å²) in [5.41, 5.74) is 0.687. The van der Waals surface area contributed by atoms with Crippen LogP contribution in [0.4, 0.5) is 0 Å². The van der Waals surface area contributed by atoms with Crippen LogP contribution in [-0.2, 0) is 5.41 Å². The fourth-order valence-electron chi connectivity index (χ4n) is 4.13. The van der Waals surface area contributed by atoms with Crippen molar-refractivity contribution < 1.29 is 4.74 Å². The van der Waals surface area contributed by atoms with Crippen molar-refractivity contribution in [2.45, 2.75) is 46.0 Å². The van der Waals surface area contributed by atoms with Gasteiger partial charge in [-0.2, -0.15) is 0 Å². The molecule has 0 radical (unpaired) electrons. The number of aromatic amines is 1. The molecular weight excluding hydrogens is 462 g/mol. The SMILES string of the molecule is CCCCOc1ccc(-[s+]2c3ccc(C(C)(C)C)cc3sc3cc4c(=O)[nH]c(=O)c4cc32)cc1. The molecule has 0 fully saturated rings. The van der Waals surface area contributed by atoms with Crippen LogP contribution in [-0.4, -0.2) is 11.6 Å². The third-order valence-electron chi connectivity index (χ3n) is 6.10. The minimum Gasteiger partial charge on any atom is -0.494 e. The molecule has 2 aromatic heterocycles. The molecule has 4 nitrogen and oxygen atoms in total. The van der Waals surface area contributed by atoms with Gasteiger partial charge < -0.3 is 4.74 Å². The van der Waals surface area contributed by atoms with Crippen LogP contribution in [0, 0.1) is 0 Å². The van der Waals surface area contributed by atoms with Crippen molar-refractivity contribution in [3.8, 4) is 10.6 Å². The lowest BCUT2D eigenvalue weighted by Gasteiger charge is -2.19. The third kappa shape index (κ3) is 4.05. The molecule has 5 aromatic rings. The summed E-state index contributed by atoms with van der Waals surface area (Å²) in [7, 11) is -0.395. The van der Waals surface area contributed by atoms with Crippen molar-refractivity contribution in [2.75, 3.05) is 6.61 Å². The van der Waals surface area contributed by atoms with Crippen molar-refractivity contribution in [2.24, 2.45) is 0 Å².